The van der Waals surface area contributed by atoms with Crippen LogP contribution in [0.3, 0.4) is 0 Å². The first-order chi connectivity index (χ1) is 14.3. The second kappa shape index (κ2) is 8.31. The molecule has 2 heterocycles. The Morgan fingerprint density at radius 3 is 2.30 bits per heavy atom. The number of amides is 1. The first kappa shape index (κ1) is 20.7. The summed E-state index contributed by atoms with van der Waals surface area (Å²) >= 11 is 0. The predicted octanol–water partition coefficient (Wildman–Crippen LogP) is 0.805. The topological polar surface area (TPSA) is 88.6 Å². The van der Waals surface area contributed by atoms with Gasteiger partial charge in [0.25, 0.3) is 0 Å². The molecule has 0 saturated carbocycles. The minimum atomic E-state index is -3.65. The highest BCUT2D eigenvalue weighted by molar-refractivity contribution is 7.89. The lowest BCUT2D eigenvalue weighted by Gasteiger charge is -2.34. The van der Waals surface area contributed by atoms with Crippen molar-refractivity contribution in [3.05, 3.63) is 60.2 Å². The van der Waals surface area contributed by atoms with Crippen LogP contribution in [0.5, 0.6) is 0 Å². The monoisotopic (exact) mass is 427 g/mol. The largest absolute Gasteiger partial charge is 0.369 e. The van der Waals surface area contributed by atoms with Crippen molar-refractivity contribution in [3.8, 4) is 11.1 Å². The number of piperazine rings is 1. The van der Waals surface area contributed by atoms with E-state index in [0.717, 1.165) is 37.3 Å². The summed E-state index contributed by atoms with van der Waals surface area (Å²) in [4.78, 5) is 16.3. The highest BCUT2D eigenvalue weighted by atomic mass is 32.2. The third-order valence-electron chi connectivity index (χ3n) is 5.79. The van der Waals surface area contributed by atoms with Gasteiger partial charge < -0.3 is 9.80 Å². The summed E-state index contributed by atoms with van der Waals surface area (Å²) in [6, 6.07) is 15.3. The minimum Gasteiger partial charge on any atom is -0.369 e. The normalized spacial score (nSPS) is 18.5. The number of carbonyl (C=O) groups excluding carboxylic acids is 1. The van der Waals surface area contributed by atoms with Crippen LogP contribution in [0, 0.1) is 0 Å². The van der Waals surface area contributed by atoms with E-state index in [1.165, 1.54) is 9.99 Å². The smallest absolute Gasteiger partial charge is 0.338 e. The van der Waals surface area contributed by atoms with E-state index in [2.05, 4.69) is 34.7 Å². The molecule has 7 nitrogen and oxygen atoms in total. The van der Waals surface area contributed by atoms with E-state index in [9.17, 15) is 13.2 Å². The maximum Gasteiger partial charge on any atom is 0.338 e. The van der Waals surface area contributed by atoms with Crippen molar-refractivity contribution < 1.29 is 18.9 Å². The molecule has 2 aromatic rings. The van der Waals surface area contributed by atoms with Crippen molar-refractivity contribution in [3.63, 3.8) is 0 Å². The van der Waals surface area contributed by atoms with Gasteiger partial charge in [-0.25, -0.2) is 13.2 Å². The molecule has 0 aromatic heterocycles. The Balaban J connectivity index is 1.51. The number of likely N-dealkylation sites (N-methyl/N-ethyl adjacent to an activating group) is 1. The number of quaternary nitrogens is 1. The number of hydrogen-bond donors (Lipinski definition) is 1. The van der Waals surface area contributed by atoms with Gasteiger partial charge in [0.1, 0.15) is 0 Å². The first-order valence-electron chi connectivity index (χ1n) is 10.0. The average molecular weight is 428 g/mol. The van der Waals surface area contributed by atoms with E-state index >= 15 is 0 Å². The van der Waals surface area contributed by atoms with E-state index in [1.807, 2.05) is 24.3 Å². The van der Waals surface area contributed by atoms with Gasteiger partial charge in [-0.2, -0.15) is 4.31 Å². The van der Waals surface area contributed by atoms with Crippen LogP contribution in [-0.4, -0.2) is 69.8 Å². The molecule has 2 aliphatic rings. The molecule has 8 heteroatoms. The van der Waals surface area contributed by atoms with Crippen molar-refractivity contribution in [2.24, 2.45) is 0 Å². The molecule has 1 amide bonds. The number of anilines is 1. The Bertz CT molecular complexity index is 1070. The molecule has 2 aliphatic heterocycles. The van der Waals surface area contributed by atoms with Gasteiger partial charge in [-0.3, -0.25) is 5.73 Å². The zero-order valence-electron chi connectivity index (χ0n) is 17.1. The highest BCUT2D eigenvalue weighted by Gasteiger charge is 2.30. The van der Waals surface area contributed by atoms with Crippen LogP contribution in [0.25, 0.3) is 11.1 Å². The fourth-order valence-corrected chi connectivity index (χ4v) is 5.19. The molecule has 0 atom stereocenters. The number of rotatable bonds is 5. The summed E-state index contributed by atoms with van der Waals surface area (Å²) in [5, 5.41) is 0. The quantitative estimate of drug-likeness (QED) is 0.763. The molecular formula is C22H27N4O3S+. The molecule has 0 unspecified atom stereocenters. The minimum absolute atomic E-state index is 0.0828. The van der Waals surface area contributed by atoms with Crippen LogP contribution in [-0.2, 0) is 14.8 Å². The van der Waals surface area contributed by atoms with Crippen LogP contribution in [0.4, 0.5) is 5.69 Å². The standard InChI is InChI=1S/C22H26N4O3S/c1-24-11-13-25(14-12-24)20-4-2-3-18(15-20)17-5-7-21(8-6-17)30(28,29)26-10-9-19(16-26)22(23)27/h2-9,15H,10-14,16H2,1H3,(H2,23,27)/p+1. The first-order valence-corrected chi connectivity index (χ1v) is 11.5. The number of nitrogens with zero attached hydrogens (tertiary/aromatic N) is 3. The second-order valence-corrected chi connectivity index (χ2v) is 9.75. The molecule has 1 saturated heterocycles. The van der Waals surface area contributed by atoms with Gasteiger partial charge in [0.15, 0.2) is 0 Å². The predicted molar refractivity (Wildman–Crippen MR) is 116 cm³/mol. The molecule has 1 fully saturated rings. The summed E-state index contributed by atoms with van der Waals surface area (Å²) in [6.07, 6.45) is 1.63. The second-order valence-electron chi connectivity index (χ2n) is 7.82. The summed E-state index contributed by atoms with van der Waals surface area (Å²) < 4.78 is 27.1. The van der Waals surface area contributed by atoms with Crippen molar-refractivity contribution in [2.75, 3.05) is 51.2 Å². The molecule has 0 bridgehead atoms. The zero-order valence-corrected chi connectivity index (χ0v) is 17.9. The molecule has 158 valence electrons. The van der Waals surface area contributed by atoms with Gasteiger partial charge in [-0.15, -0.1) is 0 Å². The maximum atomic E-state index is 12.9. The summed E-state index contributed by atoms with van der Waals surface area (Å²) in [7, 11) is -1.51. The van der Waals surface area contributed by atoms with Crippen molar-refractivity contribution in [1.29, 1.82) is 0 Å². The average Bonchev–Trinajstić information content (AvgIpc) is 3.26. The lowest BCUT2D eigenvalue weighted by atomic mass is 10.0. The van der Waals surface area contributed by atoms with Gasteiger partial charge >= 0.3 is 5.91 Å². The number of carbonyl (C=O) groups is 1. The molecule has 2 aromatic carbocycles. The van der Waals surface area contributed by atoms with Gasteiger partial charge in [-0.1, -0.05) is 30.3 Å². The van der Waals surface area contributed by atoms with Crippen molar-refractivity contribution in [1.82, 2.24) is 9.21 Å². The van der Waals surface area contributed by atoms with E-state index < -0.39 is 10.0 Å². The number of sulfonamides is 1. The number of benzene rings is 2. The Morgan fingerprint density at radius 2 is 1.67 bits per heavy atom. The van der Waals surface area contributed by atoms with E-state index in [4.69, 9.17) is 0 Å². The molecule has 0 radical (unpaired) electrons. The van der Waals surface area contributed by atoms with E-state index in [0.29, 0.717) is 5.57 Å². The van der Waals surface area contributed by atoms with Gasteiger partial charge in [-0.05, 0) is 42.4 Å². The van der Waals surface area contributed by atoms with Gasteiger partial charge in [0, 0.05) is 45.0 Å². The van der Waals surface area contributed by atoms with Crippen molar-refractivity contribution in [2.45, 2.75) is 4.90 Å². The Kier molecular flexibility index (Phi) is 5.75. The van der Waals surface area contributed by atoms with Crippen LogP contribution in [0.15, 0.2) is 65.1 Å². The summed E-state index contributed by atoms with van der Waals surface area (Å²) in [6.45, 7) is 4.37. The summed E-state index contributed by atoms with van der Waals surface area (Å²) in [5.74, 6) is -0.330. The summed E-state index contributed by atoms with van der Waals surface area (Å²) in [5.41, 5.74) is 7.02. The fraction of sp³-hybridized carbons (Fsp3) is 0.318. The van der Waals surface area contributed by atoms with E-state index in [-0.39, 0.29) is 23.9 Å². The molecule has 3 N–H and O–H groups in total. The molecule has 30 heavy (non-hydrogen) atoms. The lowest BCUT2D eigenvalue weighted by molar-refractivity contribution is -0.299. The van der Waals surface area contributed by atoms with Gasteiger partial charge in [0.05, 0.1) is 10.5 Å². The Labute approximate surface area is 177 Å². The Hall–Kier alpha value is -2.52. The maximum absolute atomic E-state index is 12.9. The molecular weight excluding hydrogens is 400 g/mol. The third-order valence-corrected chi connectivity index (χ3v) is 7.61. The third kappa shape index (κ3) is 4.17. The van der Waals surface area contributed by atoms with Crippen LogP contribution in [0.2, 0.25) is 0 Å². The van der Waals surface area contributed by atoms with Crippen LogP contribution >= 0.6 is 0 Å². The van der Waals surface area contributed by atoms with Crippen LogP contribution in [0.1, 0.15) is 0 Å². The molecule has 4 rings (SSSR count). The lowest BCUT2D eigenvalue weighted by Crippen LogP contribution is -2.58. The van der Waals surface area contributed by atoms with E-state index in [1.54, 1.807) is 18.2 Å². The molecule has 0 aliphatic carbocycles. The zero-order chi connectivity index (χ0) is 21.3. The highest BCUT2D eigenvalue weighted by Crippen LogP contribution is 2.28. The SMILES string of the molecule is CN1CCN(c2cccc(-c3ccc(S(=O)(=O)N4CC=C(C([NH3+])=O)C4)cc3)c2)CC1. The van der Waals surface area contributed by atoms with Crippen LogP contribution < -0.4 is 10.6 Å². The Morgan fingerprint density at radius 1 is 0.967 bits per heavy atom. The van der Waals surface area contributed by atoms with Gasteiger partial charge in [0.2, 0.25) is 10.0 Å². The van der Waals surface area contributed by atoms with Crippen molar-refractivity contribution >= 4 is 21.6 Å². The fourth-order valence-electron chi connectivity index (χ4n) is 3.83. The molecule has 0 spiro atoms. The number of hydrogen-bond acceptors (Lipinski definition) is 5.